The van der Waals surface area contributed by atoms with Crippen molar-refractivity contribution in [2.24, 2.45) is 5.92 Å². The summed E-state index contributed by atoms with van der Waals surface area (Å²) in [6, 6.07) is 1.32. The molecule has 114 valence electrons. The molecular weight excluding hydrogens is 350 g/mol. The molecule has 0 radical (unpaired) electrons. The van der Waals surface area contributed by atoms with Crippen LogP contribution in [0.15, 0.2) is 20.0 Å². The van der Waals surface area contributed by atoms with Crippen LogP contribution in [0.4, 0.5) is 0 Å². The molecule has 20 heavy (non-hydrogen) atoms. The van der Waals surface area contributed by atoms with Gasteiger partial charge in [-0.15, -0.1) is 0 Å². The fraction of sp³-hybridized carbons (Fsp3) is 0.667. The topological polar surface area (TPSA) is 80.0 Å². The number of sulfonamides is 1. The van der Waals surface area contributed by atoms with Crippen molar-refractivity contribution in [2.75, 3.05) is 26.8 Å². The van der Waals surface area contributed by atoms with Crippen molar-refractivity contribution in [1.82, 2.24) is 4.31 Å². The number of likely N-dealkylation sites (N-methyl/N-ethyl adjacent to an activating group) is 1. The Hall–Kier alpha value is -0.410. The minimum atomic E-state index is -3.64. The van der Waals surface area contributed by atoms with Crippen LogP contribution in [0.1, 0.15) is 18.6 Å². The maximum Gasteiger partial charge on any atom is 0.247 e. The minimum Gasteiger partial charge on any atom is -0.450 e. The first-order valence-corrected chi connectivity index (χ1v) is 8.61. The molecule has 1 aromatic rings. The van der Waals surface area contributed by atoms with Gasteiger partial charge in [0.15, 0.2) is 4.67 Å². The SMILES string of the molecule is CN(CCOCC1CC1)S(=O)(=O)c1cc(CO)oc1Br. The van der Waals surface area contributed by atoms with Gasteiger partial charge < -0.3 is 14.3 Å². The van der Waals surface area contributed by atoms with Crippen LogP contribution >= 0.6 is 15.9 Å². The fourth-order valence-electron chi connectivity index (χ4n) is 1.67. The van der Waals surface area contributed by atoms with Crippen LogP contribution < -0.4 is 0 Å². The van der Waals surface area contributed by atoms with Gasteiger partial charge in [0.05, 0.1) is 6.61 Å². The van der Waals surface area contributed by atoms with E-state index in [1.807, 2.05) is 0 Å². The lowest BCUT2D eigenvalue weighted by Gasteiger charge is -2.16. The fourth-order valence-corrected chi connectivity index (χ4v) is 3.78. The number of aliphatic hydroxyl groups is 1. The van der Waals surface area contributed by atoms with Gasteiger partial charge in [-0.05, 0) is 34.7 Å². The highest BCUT2D eigenvalue weighted by atomic mass is 79.9. The van der Waals surface area contributed by atoms with Crippen LogP contribution in [0.25, 0.3) is 0 Å². The third-order valence-corrected chi connectivity index (χ3v) is 5.87. The molecule has 0 aromatic carbocycles. The van der Waals surface area contributed by atoms with E-state index in [9.17, 15) is 8.42 Å². The molecule has 1 heterocycles. The largest absolute Gasteiger partial charge is 0.450 e. The predicted molar refractivity (Wildman–Crippen MR) is 75.7 cm³/mol. The second-order valence-corrected chi connectivity index (χ2v) is 7.59. The van der Waals surface area contributed by atoms with E-state index in [2.05, 4.69) is 15.9 Å². The summed E-state index contributed by atoms with van der Waals surface area (Å²) in [7, 11) is -2.15. The van der Waals surface area contributed by atoms with E-state index < -0.39 is 10.0 Å². The molecular formula is C12H18BrNO5S. The molecule has 0 saturated heterocycles. The standard InChI is InChI=1S/C12H18BrNO5S/c1-14(4-5-18-8-9-2-3-9)20(16,17)11-6-10(7-15)19-12(11)13/h6,9,15H,2-5,7-8H2,1H3. The molecule has 1 fully saturated rings. The molecule has 6 nitrogen and oxygen atoms in total. The summed E-state index contributed by atoms with van der Waals surface area (Å²) < 4.78 is 36.5. The van der Waals surface area contributed by atoms with Crippen molar-refractivity contribution >= 4 is 26.0 Å². The average molecular weight is 368 g/mol. The molecule has 8 heteroatoms. The van der Waals surface area contributed by atoms with Crippen molar-refractivity contribution < 1.29 is 22.7 Å². The van der Waals surface area contributed by atoms with E-state index in [0.717, 1.165) is 0 Å². The van der Waals surface area contributed by atoms with Gasteiger partial charge in [-0.1, -0.05) is 0 Å². The van der Waals surface area contributed by atoms with E-state index >= 15 is 0 Å². The summed E-state index contributed by atoms with van der Waals surface area (Å²) in [5.74, 6) is 0.862. The molecule has 2 rings (SSSR count). The smallest absolute Gasteiger partial charge is 0.247 e. The summed E-state index contributed by atoms with van der Waals surface area (Å²) in [6.07, 6.45) is 2.42. The molecule has 0 bridgehead atoms. The number of halogens is 1. The Morgan fingerprint density at radius 3 is 2.80 bits per heavy atom. The van der Waals surface area contributed by atoms with Gasteiger partial charge in [0.1, 0.15) is 17.3 Å². The van der Waals surface area contributed by atoms with Crippen LogP contribution in [-0.4, -0.2) is 44.6 Å². The van der Waals surface area contributed by atoms with Crippen LogP contribution in [0.3, 0.4) is 0 Å². The third kappa shape index (κ3) is 3.82. The van der Waals surface area contributed by atoms with Crippen molar-refractivity contribution in [3.8, 4) is 0 Å². The Kier molecular flexibility index (Phi) is 5.25. The number of aliphatic hydroxyl groups excluding tert-OH is 1. The lowest BCUT2D eigenvalue weighted by atomic mass is 10.5. The molecule has 1 saturated carbocycles. The van der Waals surface area contributed by atoms with E-state index in [0.29, 0.717) is 19.1 Å². The van der Waals surface area contributed by atoms with E-state index in [1.54, 1.807) is 0 Å². The Labute approximate surface area is 126 Å². The zero-order chi connectivity index (χ0) is 14.8. The lowest BCUT2D eigenvalue weighted by Crippen LogP contribution is -2.30. The molecule has 1 aliphatic rings. The average Bonchev–Trinajstić information content (AvgIpc) is 3.15. The van der Waals surface area contributed by atoms with Crippen LogP contribution in [-0.2, 0) is 21.4 Å². The van der Waals surface area contributed by atoms with Crippen LogP contribution in [0.5, 0.6) is 0 Å². The van der Waals surface area contributed by atoms with Crippen molar-refractivity contribution in [3.63, 3.8) is 0 Å². The Balaban J connectivity index is 1.94. The summed E-state index contributed by atoms with van der Waals surface area (Å²) in [6.45, 7) is 1.01. The molecule has 0 spiro atoms. The van der Waals surface area contributed by atoms with Crippen molar-refractivity contribution in [3.05, 3.63) is 16.5 Å². The van der Waals surface area contributed by atoms with Crippen LogP contribution in [0, 0.1) is 5.92 Å². The lowest BCUT2D eigenvalue weighted by molar-refractivity contribution is 0.117. The zero-order valence-corrected chi connectivity index (χ0v) is 13.6. The summed E-state index contributed by atoms with van der Waals surface area (Å²) in [4.78, 5) is 0.0197. The highest BCUT2D eigenvalue weighted by molar-refractivity contribution is 9.10. The van der Waals surface area contributed by atoms with Gasteiger partial charge >= 0.3 is 0 Å². The third-order valence-electron chi connectivity index (χ3n) is 3.15. The number of furan rings is 1. The molecule has 0 atom stereocenters. The van der Waals surface area contributed by atoms with Gasteiger partial charge in [0, 0.05) is 26.3 Å². The highest BCUT2D eigenvalue weighted by Gasteiger charge is 2.27. The molecule has 0 aliphatic heterocycles. The molecule has 0 amide bonds. The second-order valence-electron chi connectivity index (χ2n) is 4.85. The Bertz CT molecular complexity index is 552. The maximum absolute atomic E-state index is 12.3. The van der Waals surface area contributed by atoms with Gasteiger partial charge in [-0.3, -0.25) is 0 Å². The Morgan fingerprint density at radius 2 is 2.25 bits per heavy atom. The first kappa shape index (κ1) is 16.0. The molecule has 1 aliphatic carbocycles. The van der Waals surface area contributed by atoms with Crippen molar-refractivity contribution in [1.29, 1.82) is 0 Å². The van der Waals surface area contributed by atoms with E-state index in [-0.39, 0.29) is 28.5 Å². The van der Waals surface area contributed by atoms with Crippen molar-refractivity contribution in [2.45, 2.75) is 24.3 Å². The maximum atomic E-state index is 12.3. The number of nitrogens with zero attached hydrogens (tertiary/aromatic N) is 1. The highest BCUT2D eigenvalue weighted by Crippen LogP contribution is 2.29. The first-order chi connectivity index (χ1) is 9.45. The van der Waals surface area contributed by atoms with Crippen LogP contribution in [0.2, 0.25) is 0 Å². The number of hydrogen-bond donors (Lipinski definition) is 1. The number of rotatable bonds is 8. The molecule has 1 N–H and O–H groups in total. The monoisotopic (exact) mass is 367 g/mol. The van der Waals surface area contributed by atoms with Gasteiger partial charge in [-0.2, -0.15) is 4.31 Å². The summed E-state index contributed by atoms with van der Waals surface area (Å²) >= 11 is 3.06. The zero-order valence-electron chi connectivity index (χ0n) is 11.2. The quantitative estimate of drug-likeness (QED) is 0.705. The normalized spacial score (nSPS) is 16.0. The van der Waals surface area contributed by atoms with E-state index in [4.69, 9.17) is 14.3 Å². The first-order valence-electron chi connectivity index (χ1n) is 6.38. The molecule has 0 unspecified atom stereocenters. The molecule has 1 aromatic heterocycles. The predicted octanol–water partition coefficient (Wildman–Crippen LogP) is 1.58. The Morgan fingerprint density at radius 1 is 1.55 bits per heavy atom. The van der Waals surface area contributed by atoms with Gasteiger partial charge in [0.2, 0.25) is 10.0 Å². The minimum absolute atomic E-state index is 0.0197. The van der Waals surface area contributed by atoms with Gasteiger partial charge in [-0.25, -0.2) is 8.42 Å². The van der Waals surface area contributed by atoms with E-state index in [1.165, 1.54) is 30.3 Å². The number of ether oxygens (including phenoxy) is 1. The van der Waals surface area contributed by atoms with Gasteiger partial charge in [0.25, 0.3) is 0 Å². The second kappa shape index (κ2) is 6.57. The summed E-state index contributed by atoms with van der Waals surface area (Å²) in [5.41, 5.74) is 0. The number of hydrogen-bond acceptors (Lipinski definition) is 5. The summed E-state index contributed by atoms with van der Waals surface area (Å²) in [5, 5.41) is 8.97.